The molecule has 274 valence electrons. The molecule has 2 aliphatic heterocycles. The van der Waals surface area contributed by atoms with Gasteiger partial charge in [0.25, 0.3) is 0 Å². The molecular formula is C56H40Sn2-2. The van der Waals surface area contributed by atoms with Crippen LogP contribution in [0.3, 0.4) is 0 Å². The SMILES string of the molecule is c1ccc([C]2=C(c3ccccc3)C(c3ccccc3)=[C](c3ccccc3)[Sn-]2)cc1.c1ccc([C]2=C(c3ccccc3)C(c3ccccc3)=[C](c3ccccc3)[Sn-]2)cc1. The molecule has 2 aliphatic rings. The Morgan fingerprint density at radius 2 is 0.293 bits per heavy atom. The predicted octanol–water partition coefficient (Wildman–Crippen LogP) is 13.7. The van der Waals surface area contributed by atoms with Gasteiger partial charge < -0.3 is 0 Å². The minimum absolute atomic E-state index is 1.00. The van der Waals surface area contributed by atoms with Gasteiger partial charge in [0, 0.05) is 0 Å². The van der Waals surface area contributed by atoms with Crippen LogP contribution < -0.4 is 0 Å². The molecule has 8 aromatic rings. The zero-order chi connectivity index (χ0) is 38.9. The first kappa shape index (κ1) is 37.9. The maximum absolute atomic E-state index is 2.27. The van der Waals surface area contributed by atoms with E-state index in [0.29, 0.717) is 0 Å². The van der Waals surface area contributed by atoms with Gasteiger partial charge in [-0.25, -0.2) is 0 Å². The van der Waals surface area contributed by atoms with Gasteiger partial charge >= 0.3 is 366 Å². The summed E-state index contributed by atoms with van der Waals surface area (Å²) in [4.78, 5) is 0. The molecule has 10 rings (SSSR count). The van der Waals surface area contributed by atoms with Crippen LogP contribution in [0.5, 0.6) is 0 Å². The van der Waals surface area contributed by atoms with Gasteiger partial charge in [0.1, 0.15) is 0 Å². The summed E-state index contributed by atoms with van der Waals surface area (Å²) in [5, 5.41) is 0. The first-order valence-electron chi connectivity index (χ1n) is 19.8. The van der Waals surface area contributed by atoms with E-state index >= 15 is 0 Å². The average molecular weight is 950 g/mol. The Hall–Kier alpha value is -5.68. The molecule has 0 saturated carbocycles. The van der Waals surface area contributed by atoms with Crippen molar-refractivity contribution in [2.75, 3.05) is 0 Å². The van der Waals surface area contributed by atoms with Gasteiger partial charge in [0.2, 0.25) is 0 Å². The molecule has 0 spiro atoms. The van der Waals surface area contributed by atoms with Gasteiger partial charge in [0.05, 0.1) is 0 Å². The summed E-state index contributed by atoms with van der Waals surface area (Å²) in [5.74, 6) is 0. The standard InChI is InChI=1S/2C28H20.2Sn/c2*1-5-13-23(14-6-1)21-27(25-17-9-3-10-18-25)28(26-19-11-4-12-20-26)22-24-15-7-2-8-16-24;;/h2*1-20H;;/q;;2*-1. The van der Waals surface area contributed by atoms with Crippen LogP contribution in [0.15, 0.2) is 243 Å². The fourth-order valence-electron chi connectivity index (χ4n) is 7.86. The van der Waals surface area contributed by atoms with Crippen molar-refractivity contribution >= 4 is 78.9 Å². The fraction of sp³-hybridized carbons (Fsp3) is 0. The van der Waals surface area contributed by atoms with E-state index in [9.17, 15) is 0 Å². The molecule has 58 heavy (non-hydrogen) atoms. The van der Waals surface area contributed by atoms with Crippen LogP contribution in [-0.2, 0) is 0 Å². The van der Waals surface area contributed by atoms with Crippen molar-refractivity contribution in [3.8, 4) is 0 Å². The second kappa shape index (κ2) is 18.3. The monoisotopic (exact) mass is 952 g/mol. The van der Waals surface area contributed by atoms with Crippen LogP contribution in [0, 0.1) is 0 Å². The summed E-state index contributed by atoms with van der Waals surface area (Å²) in [6.07, 6.45) is 0. The molecule has 0 amide bonds. The van der Waals surface area contributed by atoms with Crippen LogP contribution >= 0.6 is 0 Å². The fourth-order valence-corrected chi connectivity index (χ4v) is 17.3. The predicted molar refractivity (Wildman–Crippen MR) is 250 cm³/mol. The molecule has 0 fully saturated rings. The van der Waals surface area contributed by atoms with Gasteiger partial charge in [0.15, 0.2) is 0 Å². The molecule has 0 nitrogen and oxygen atoms in total. The molecule has 8 aromatic carbocycles. The van der Waals surface area contributed by atoms with E-state index in [0.717, 1.165) is 0 Å². The zero-order valence-corrected chi connectivity index (χ0v) is 37.8. The molecule has 0 unspecified atom stereocenters. The second-order valence-corrected chi connectivity index (χ2v) is 21.3. The first-order valence-corrected chi connectivity index (χ1v) is 25.5. The Balaban J connectivity index is 0.000000150. The number of benzene rings is 8. The third-order valence-electron chi connectivity index (χ3n) is 10.5. The molecule has 2 radical (unpaired) electrons. The summed E-state index contributed by atoms with van der Waals surface area (Å²) >= 11 is -2.01. The summed E-state index contributed by atoms with van der Waals surface area (Å²) in [6.45, 7) is 0. The Kier molecular flexibility index (Phi) is 11.9. The van der Waals surface area contributed by atoms with E-state index in [1.54, 1.807) is 14.4 Å². The maximum atomic E-state index is 2.27. The van der Waals surface area contributed by atoms with E-state index in [-0.39, 0.29) is 0 Å². The van der Waals surface area contributed by atoms with Crippen molar-refractivity contribution in [1.82, 2.24) is 0 Å². The van der Waals surface area contributed by atoms with E-state index in [4.69, 9.17) is 0 Å². The zero-order valence-electron chi connectivity index (χ0n) is 32.1. The molecule has 0 aromatic heterocycles. The Morgan fingerprint density at radius 3 is 0.448 bits per heavy atom. The molecule has 0 aliphatic carbocycles. The quantitative estimate of drug-likeness (QED) is 0.133. The molecule has 2 heterocycles. The molecule has 0 saturated heterocycles. The van der Waals surface area contributed by atoms with Crippen molar-refractivity contribution in [1.29, 1.82) is 0 Å². The average Bonchev–Trinajstić information content (AvgIpc) is 3.93. The van der Waals surface area contributed by atoms with E-state index in [1.807, 2.05) is 0 Å². The van der Waals surface area contributed by atoms with Crippen LogP contribution in [0.4, 0.5) is 0 Å². The second-order valence-electron chi connectivity index (χ2n) is 14.2. The van der Waals surface area contributed by atoms with Gasteiger partial charge in [-0.3, -0.25) is 0 Å². The van der Waals surface area contributed by atoms with E-state index in [1.165, 1.54) is 66.8 Å². The molecule has 0 N–H and O–H groups in total. The molecule has 0 atom stereocenters. The molecule has 0 bridgehead atoms. The first-order chi connectivity index (χ1) is 28.8. The number of hydrogen-bond donors (Lipinski definition) is 0. The summed E-state index contributed by atoms with van der Waals surface area (Å²) in [7, 11) is 0. The molecule has 2 heteroatoms. The topological polar surface area (TPSA) is 0 Å². The van der Waals surface area contributed by atoms with Gasteiger partial charge in [-0.2, -0.15) is 0 Å². The van der Waals surface area contributed by atoms with Crippen LogP contribution in [-0.4, -0.2) is 42.3 Å². The number of allylic oxidation sites excluding steroid dienone is 4. The Labute approximate surface area is 363 Å². The Morgan fingerprint density at radius 1 is 0.155 bits per heavy atom. The van der Waals surface area contributed by atoms with Crippen molar-refractivity contribution < 1.29 is 0 Å². The normalized spacial score (nSPS) is 13.5. The van der Waals surface area contributed by atoms with Crippen molar-refractivity contribution in [2.24, 2.45) is 0 Å². The third-order valence-corrected chi connectivity index (χ3v) is 19.5. The molecular weight excluding hydrogens is 910 g/mol. The van der Waals surface area contributed by atoms with Gasteiger partial charge in [-0.15, -0.1) is 0 Å². The van der Waals surface area contributed by atoms with Gasteiger partial charge in [-0.05, 0) is 0 Å². The third kappa shape index (κ3) is 8.18. The van der Waals surface area contributed by atoms with Gasteiger partial charge in [-0.1, -0.05) is 0 Å². The summed E-state index contributed by atoms with van der Waals surface area (Å²) in [5.41, 5.74) is 16.5. The number of rotatable bonds is 8. The minimum atomic E-state index is -1.00. The summed E-state index contributed by atoms with van der Waals surface area (Å²) in [6, 6.07) is 87.6. The van der Waals surface area contributed by atoms with Crippen molar-refractivity contribution in [2.45, 2.75) is 0 Å². The van der Waals surface area contributed by atoms with Crippen molar-refractivity contribution in [3.05, 3.63) is 287 Å². The van der Waals surface area contributed by atoms with Crippen molar-refractivity contribution in [3.63, 3.8) is 0 Å². The van der Waals surface area contributed by atoms with E-state index in [2.05, 4.69) is 243 Å². The summed E-state index contributed by atoms with van der Waals surface area (Å²) < 4.78 is 6.27. The Bertz CT molecular complexity index is 2350. The van der Waals surface area contributed by atoms with Crippen LogP contribution in [0.1, 0.15) is 44.5 Å². The van der Waals surface area contributed by atoms with Crippen LogP contribution in [0.25, 0.3) is 36.6 Å². The van der Waals surface area contributed by atoms with Crippen LogP contribution in [0.2, 0.25) is 0 Å². The van der Waals surface area contributed by atoms with E-state index < -0.39 is 42.3 Å². The number of hydrogen-bond acceptors (Lipinski definition) is 0.